The Morgan fingerprint density at radius 2 is 1.89 bits per heavy atom. The predicted octanol–water partition coefficient (Wildman–Crippen LogP) is 4.14. The van der Waals surface area contributed by atoms with Crippen LogP contribution in [0.2, 0.25) is 0 Å². The van der Waals surface area contributed by atoms with E-state index in [2.05, 4.69) is 40.2 Å². The van der Waals surface area contributed by atoms with Crippen LogP contribution in [0.1, 0.15) is 54.4 Å². The van der Waals surface area contributed by atoms with Crippen molar-refractivity contribution in [3.8, 4) is 0 Å². The van der Waals surface area contributed by atoms with Gasteiger partial charge in [-0.3, -0.25) is 9.69 Å². The van der Waals surface area contributed by atoms with Crippen LogP contribution in [0, 0.1) is 0 Å². The van der Waals surface area contributed by atoms with E-state index >= 15 is 0 Å². The lowest BCUT2D eigenvalue weighted by Crippen LogP contribution is -2.43. The number of ether oxygens (including phenoxy) is 1. The fourth-order valence-electron chi connectivity index (χ4n) is 4.22. The Bertz CT molecular complexity index is 868. The van der Waals surface area contributed by atoms with Gasteiger partial charge in [0.15, 0.2) is 0 Å². The Morgan fingerprint density at radius 3 is 2.54 bits per heavy atom. The number of H-pyrrole nitrogens is 1. The monoisotopic (exact) mass is 378 g/mol. The predicted molar refractivity (Wildman–Crippen MR) is 113 cm³/mol. The molecular weight excluding hydrogens is 348 g/mol. The molecule has 2 heterocycles. The number of aromatic nitrogens is 1. The second-order valence-corrected chi connectivity index (χ2v) is 8.14. The highest BCUT2D eigenvalue weighted by atomic mass is 16.5. The lowest BCUT2D eigenvalue weighted by atomic mass is 9.89. The molecule has 4 rings (SSSR count). The average molecular weight is 379 g/mol. The van der Waals surface area contributed by atoms with Crippen molar-refractivity contribution < 1.29 is 4.74 Å². The first-order valence-electron chi connectivity index (χ1n) is 10.4. The minimum atomic E-state index is -0.0238. The SMILES string of the molecule is COCc1c[nH]c(=O)c(Cc2ccc(C=C3CCN(C4CCC4)CC3)cc2)c1. The van der Waals surface area contributed by atoms with Gasteiger partial charge >= 0.3 is 0 Å². The molecule has 0 amide bonds. The highest BCUT2D eigenvalue weighted by Gasteiger charge is 2.26. The Balaban J connectivity index is 1.38. The third kappa shape index (κ3) is 4.62. The van der Waals surface area contributed by atoms with Gasteiger partial charge in [0.05, 0.1) is 6.61 Å². The number of nitrogens with zero attached hydrogens (tertiary/aromatic N) is 1. The number of rotatable bonds is 6. The van der Waals surface area contributed by atoms with Crippen LogP contribution in [-0.4, -0.2) is 36.1 Å². The van der Waals surface area contributed by atoms with Gasteiger partial charge in [-0.2, -0.15) is 0 Å². The van der Waals surface area contributed by atoms with Gasteiger partial charge in [-0.05, 0) is 48.4 Å². The highest BCUT2D eigenvalue weighted by molar-refractivity contribution is 5.53. The molecule has 1 aromatic heterocycles. The number of hydrogen-bond donors (Lipinski definition) is 1. The van der Waals surface area contributed by atoms with Crippen LogP contribution >= 0.6 is 0 Å². The van der Waals surface area contributed by atoms with Crippen LogP contribution < -0.4 is 5.56 Å². The standard InChI is InChI=1S/C24H30N2O2/c1-28-17-21-15-22(24(27)25-16-21)14-19-7-5-18(6-8-19)13-20-9-11-26(12-10-20)23-3-2-4-23/h5-8,13,15-16,23H,2-4,9-12,14,17H2,1H3,(H,25,27). The molecule has 0 bridgehead atoms. The second-order valence-electron chi connectivity index (χ2n) is 8.14. The van der Waals surface area contributed by atoms with E-state index in [1.165, 1.54) is 50.8 Å². The molecule has 0 radical (unpaired) electrons. The third-order valence-corrected chi connectivity index (χ3v) is 6.13. The van der Waals surface area contributed by atoms with E-state index in [9.17, 15) is 4.79 Å². The van der Waals surface area contributed by atoms with Gasteiger partial charge < -0.3 is 9.72 Å². The number of piperidine rings is 1. The minimum absolute atomic E-state index is 0.0238. The smallest absolute Gasteiger partial charge is 0.251 e. The maximum Gasteiger partial charge on any atom is 0.251 e. The van der Waals surface area contributed by atoms with Crippen molar-refractivity contribution in [2.75, 3.05) is 20.2 Å². The summed E-state index contributed by atoms with van der Waals surface area (Å²) in [5, 5.41) is 0. The fourth-order valence-corrected chi connectivity index (χ4v) is 4.22. The number of benzene rings is 1. The maximum atomic E-state index is 12.1. The van der Waals surface area contributed by atoms with E-state index in [4.69, 9.17) is 4.74 Å². The van der Waals surface area contributed by atoms with Crippen LogP contribution in [0.15, 0.2) is 46.9 Å². The molecule has 28 heavy (non-hydrogen) atoms. The summed E-state index contributed by atoms with van der Waals surface area (Å²) in [5.41, 5.74) is 5.73. The molecule has 4 heteroatoms. The summed E-state index contributed by atoms with van der Waals surface area (Å²) < 4.78 is 5.16. The number of pyridine rings is 1. The molecule has 4 nitrogen and oxygen atoms in total. The number of likely N-dealkylation sites (tertiary alicyclic amines) is 1. The Hall–Kier alpha value is -2.17. The molecule has 0 spiro atoms. The number of methoxy groups -OCH3 is 1. The van der Waals surface area contributed by atoms with Gasteiger partial charge in [-0.25, -0.2) is 0 Å². The summed E-state index contributed by atoms with van der Waals surface area (Å²) in [6, 6.07) is 11.4. The van der Waals surface area contributed by atoms with Crippen LogP contribution in [0.25, 0.3) is 6.08 Å². The molecule has 1 aliphatic heterocycles. The summed E-state index contributed by atoms with van der Waals surface area (Å²) in [6.07, 6.45) is 11.3. The highest BCUT2D eigenvalue weighted by Crippen LogP contribution is 2.29. The van der Waals surface area contributed by atoms with E-state index in [0.717, 1.165) is 22.7 Å². The summed E-state index contributed by atoms with van der Waals surface area (Å²) in [5.74, 6) is 0. The molecule has 1 saturated carbocycles. The molecule has 2 aliphatic rings. The van der Waals surface area contributed by atoms with E-state index < -0.39 is 0 Å². The topological polar surface area (TPSA) is 45.3 Å². The maximum absolute atomic E-state index is 12.1. The van der Waals surface area contributed by atoms with Crippen molar-refractivity contribution in [3.05, 3.63) is 74.7 Å². The van der Waals surface area contributed by atoms with Crippen molar-refractivity contribution in [1.82, 2.24) is 9.88 Å². The second kappa shape index (κ2) is 8.89. The fraction of sp³-hybridized carbons (Fsp3) is 0.458. The molecular formula is C24H30N2O2. The molecule has 1 aromatic carbocycles. The lowest BCUT2D eigenvalue weighted by Gasteiger charge is -2.40. The zero-order chi connectivity index (χ0) is 19.3. The zero-order valence-corrected chi connectivity index (χ0v) is 16.7. The van der Waals surface area contributed by atoms with Crippen LogP contribution in [-0.2, 0) is 17.8 Å². The summed E-state index contributed by atoms with van der Waals surface area (Å²) >= 11 is 0. The summed E-state index contributed by atoms with van der Waals surface area (Å²) in [6.45, 7) is 2.94. The molecule has 148 valence electrons. The lowest BCUT2D eigenvalue weighted by molar-refractivity contribution is 0.118. The van der Waals surface area contributed by atoms with E-state index in [1.54, 1.807) is 18.9 Å². The van der Waals surface area contributed by atoms with Crippen molar-refractivity contribution in [1.29, 1.82) is 0 Å². The molecule has 1 aliphatic carbocycles. The van der Waals surface area contributed by atoms with Crippen molar-refractivity contribution in [2.45, 2.75) is 51.2 Å². The summed E-state index contributed by atoms with van der Waals surface area (Å²) in [4.78, 5) is 17.6. The first-order valence-corrected chi connectivity index (χ1v) is 10.4. The number of hydrogen-bond acceptors (Lipinski definition) is 3. The first kappa shape index (κ1) is 19.2. The van der Waals surface area contributed by atoms with Gasteiger partial charge in [-0.15, -0.1) is 0 Å². The first-order chi connectivity index (χ1) is 13.7. The van der Waals surface area contributed by atoms with E-state index in [-0.39, 0.29) is 5.56 Å². The number of nitrogens with one attached hydrogen (secondary N) is 1. The van der Waals surface area contributed by atoms with Crippen LogP contribution in [0.3, 0.4) is 0 Å². The van der Waals surface area contributed by atoms with Crippen molar-refractivity contribution in [2.24, 2.45) is 0 Å². The average Bonchev–Trinajstić information content (AvgIpc) is 2.66. The van der Waals surface area contributed by atoms with Gasteiger partial charge in [0.25, 0.3) is 5.56 Å². The molecule has 2 aromatic rings. The number of aromatic amines is 1. The normalized spacial score (nSPS) is 18.1. The van der Waals surface area contributed by atoms with Crippen molar-refractivity contribution >= 4 is 6.08 Å². The molecule has 1 N–H and O–H groups in total. The zero-order valence-electron chi connectivity index (χ0n) is 16.7. The van der Waals surface area contributed by atoms with E-state index in [1.807, 2.05) is 6.07 Å². The Kier molecular flexibility index (Phi) is 6.08. The molecule has 1 saturated heterocycles. The van der Waals surface area contributed by atoms with Gasteiger partial charge in [0.1, 0.15) is 0 Å². The summed E-state index contributed by atoms with van der Waals surface area (Å²) in [7, 11) is 1.66. The Morgan fingerprint density at radius 1 is 1.14 bits per heavy atom. The van der Waals surface area contributed by atoms with Crippen LogP contribution in [0.5, 0.6) is 0 Å². The van der Waals surface area contributed by atoms with Gasteiger partial charge in [0.2, 0.25) is 0 Å². The van der Waals surface area contributed by atoms with Gasteiger partial charge in [-0.1, -0.05) is 42.3 Å². The van der Waals surface area contributed by atoms with E-state index in [0.29, 0.717) is 13.0 Å². The molecule has 0 unspecified atom stereocenters. The minimum Gasteiger partial charge on any atom is -0.380 e. The molecule has 2 fully saturated rings. The van der Waals surface area contributed by atoms with Crippen molar-refractivity contribution in [3.63, 3.8) is 0 Å². The quantitative estimate of drug-likeness (QED) is 0.822. The van der Waals surface area contributed by atoms with Crippen LogP contribution in [0.4, 0.5) is 0 Å². The Labute approximate surface area is 167 Å². The molecule has 0 atom stereocenters. The third-order valence-electron chi connectivity index (χ3n) is 6.13. The largest absolute Gasteiger partial charge is 0.380 e. The van der Waals surface area contributed by atoms with Gasteiger partial charge in [0, 0.05) is 44.4 Å².